The topological polar surface area (TPSA) is 52.5 Å². The van der Waals surface area contributed by atoms with Gasteiger partial charge in [-0.2, -0.15) is 5.26 Å². The summed E-state index contributed by atoms with van der Waals surface area (Å²) in [5, 5.41) is 9.58. The fourth-order valence-electron chi connectivity index (χ4n) is 1.27. The third kappa shape index (κ3) is 2.04. The van der Waals surface area contributed by atoms with Crippen molar-refractivity contribution in [2.45, 2.75) is 24.4 Å². The molecule has 1 fully saturated rings. The number of thioether (sulfide) groups is 1. The minimum Gasteiger partial charge on any atom is -0.340 e. The van der Waals surface area contributed by atoms with E-state index >= 15 is 0 Å². The minimum absolute atomic E-state index is 0.312. The first-order chi connectivity index (χ1) is 6.35. The molecule has 4 heteroatoms. The highest BCUT2D eigenvalue weighted by atomic mass is 32.2. The molecular weight excluding hydrogens is 182 g/mol. The molecule has 13 heavy (non-hydrogen) atoms. The lowest BCUT2D eigenvalue weighted by molar-refractivity contribution is 0.603. The number of aromatic nitrogens is 2. The smallest absolute Gasteiger partial charge is 0.165 e. The van der Waals surface area contributed by atoms with Crippen LogP contribution in [0.3, 0.4) is 0 Å². The minimum atomic E-state index is 0.312. The van der Waals surface area contributed by atoms with Gasteiger partial charge in [0.1, 0.15) is 0 Å². The first kappa shape index (κ1) is 8.64. The Kier molecular flexibility index (Phi) is 2.28. The SMILES string of the molecule is N#CCC1(CSc2ncc[nH]2)CC1. The molecule has 0 aromatic carbocycles. The lowest BCUT2D eigenvalue weighted by Crippen LogP contribution is -2.02. The van der Waals surface area contributed by atoms with Gasteiger partial charge in [0.05, 0.1) is 6.07 Å². The summed E-state index contributed by atoms with van der Waals surface area (Å²) in [7, 11) is 0. The molecule has 3 nitrogen and oxygen atoms in total. The van der Waals surface area contributed by atoms with Crippen molar-refractivity contribution in [3.8, 4) is 6.07 Å². The molecule has 1 aliphatic rings. The van der Waals surface area contributed by atoms with Gasteiger partial charge in [-0.05, 0) is 18.3 Å². The fourth-order valence-corrected chi connectivity index (χ4v) is 2.39. The number of hydrogen-bond donors (Lipinski definition) is 1. The van der Waals surface area contributed by atoms with Crippen LogP contribution < -0.4 is 0 Å². The molecule has 0 aliphatic heterocycles. The van der Waals surface area contributed by atoms with Crippen LogP contribution in [-0.2, 0) is 0 Å². The average molecular weight is 193 g/mol. The lowest BCUT2D eigenvalue weighted by Gasteiger charge is -2.07. The van der Waals surface area contributed by atoms with Crippen LogP contribution in [0.5, 0.6) is 0 Å². The Morgan fingerprint density at radius 1 is 1.69 bits per heavy atom. The van der Waals surface area contributed by atoms with Crippen LogP contribution in [0.1, 0.15) is 19.3 Å². The van der Waals surface area contributed by atoms with Crippen molar-refractivity contribution in [1.29, 1.82) is 5.26 Å². The predicted octanol–water partition coefficient (Wildman–Crippen LogP) is 2.20. The molecule has 0 saturated heterocycles. The fraction of sp³-hybridized carbons (Fsp3) is 0.556. The highest BCUT2D eigenvalue weighted by Crippen LogP contribution is 2.51. The van der Waals surface area contributed by atoms with Gasteiger partial charge in [-0.15, -0.1) is 0 Å². The molecule has 1 N–H and O–H groups in total. The summed E-state index contributed by atoms with van der Waals surface area (Å²) in [5.41, 5.74) is 0.312. The number of aromatic amines is 1. The molecule has 2 rings (SSSR count). The second-order valence-electron chi connectivity index (χ2n) is 3.52. The molecule has 1 saturated carbocycles. The van der Waals surface area contributed by atoms with E-state index in [2.05, 4.69) is 16.0 Å². The van der Waals surface area contributed by atoms with Gasteiger partial charge in [-0.25, -0.2) is 4.98 Å². The monoisotopic (exact) mass is 193 g/mol. The van der Waals surface area contributed by atoms with Crippen molar-refractivity contribution in [3.63, 3.8) is 0 Å². The number of rotatable bonds is 4. The molecule has 68 valence electrons. The first-order valence-electron chi connectivity index (χ1n) is 4.34. The molecule has 0 spiro atoms. The Morgan fingerprint density at radius 2 is 2.54 bits per heavy atom. The van der Waals surface area contributed by atoms with Crippen LogP contribution in [-0.4, -0.2) is 15.7 Å². The van der Waals surface area contributed by atoms with E-state index in [0.29, 0.717) is 11.8 Å². The van der Waals surface area contributed by atoms with Gasteiger partial charge in [0.15, 0.2) is 5.16 Å². The normalized spacial score (nSPS) is 18.1. The van der Waals surface area contributed by atoms with Gasteiger partial charge in [0, 0.05) is 24.6 Å². The van der Waals surface area contributed by atoms with Gasteiger partial charge in [0.25, 0.3) is 0 Å². The highest BCUT2D eigenvalue weighted by Gasteiger charge is 2.42. The van der Waals surface area contributed by atoms with Crippen LogP contribution >= 0.6 is 11.8 Å². The Morgan fingerprint density at radius 3 is 3.08 bits per heavy atom. The molecule has 0 radical (unpaired) electrons. The number of imidazole rings is 1. The number of nitriles is 1. The molecule has 1 aliphatic carbocycles. The summed E-state index contributed by atoms with van der Waals surface area (Å²) in [5.74, 6) is 1.02. The third-order valence-electron chi connectivity index (χ3n) is 2.40. The average Bonchev–Trinajstić information content (AvgIpc) is 2.71. The second kappa shape index (κ2) is 3.43. The summed E-state index contributed by atoms with van der Waals surface area (Å²) < 4.78 is 0. The van der Waals surface area contributed by atoms with E-state index in [9.17, 15) is 0 Å². The number of H-pyrrole nitrogens is 1. The van der Waals surface area contributed by atoms with E-state index in [4.69, 9.17) is 5.26 Å². The lowest BCUT2D eigenvalue weighted by atomic mass is 10.1. The molecule has 0 atom stereocenters. The van der Waals surface area contributed by atoms with Crippen LogP contribution in [0.25, 0.3) is 0 Å². The molecule has 1 heterocycles. The summed E-state index contributed by atoms with van der Waals surface area (Å²) in [6.45, 7) is 0. The predicted molar refractivity (Wildman–Crippen MR) is 51.2 cm³/mol. The Hall–Kier alpha value is -0.950. The Bertz CT molecular complexity index is 308. The van der Waals surface area contributed by atoms with Gasteiger partial charge in [-0.3, -0.25) is 0 Å². The molecule has 0 bridgehead atoms. The van der Waals surface area contributed by atoms with E-state index in [1.807, 2.05) is 6.20 Å². The van der Waals surface area contributed by atoms with Crippen LogP contribution in [0.15, 0.2) is 17.6 Å². The van der Waals surface area contributed by atoms with Crippen molar-refractivity contribution in [2.75, 3.05) is 5.75 Å². The summed E-state index contributed by atoms with van der Waals surface area (Å²) >= 11 is 1.72. The van der Waals surface area contributed by atoms with E-state index in [1.54, 1.807) is 18.0 Å². The van der Waals surface area contributed by atoms with Crippen molar-refractivity contribution in [1.82, 2.24) is 9.97 Å². The molecule has 0 unspecified atom stereocenters. The number of nitrogens with one attached hydrogen (secondary N) is 1. The van der Waals surface area contributed by atoms with Gasteiger partial charge in [0.2, 0.25) is 0 Å². The van der Waals surface area contributed by atoms with Crippen LogP contribution in [0.2, 0.25) is 0 Å². The zero-order valence-corrected chi connectivity index (χ0v) is 8.10. The van der Waals surface area contributed by atoms with Crippen LogP contribution in [0.4, 0.5) is 0 Å². The summed E-state index contributed by atoms with van der Waals surface area (Å²) in [6, 6.07) is 2.26. The van der Waals surface area contributed by atoms with Crippen LogP contribution in [0, 0.1) is 16.7 Å². The molecular formula is C9H11N3S. The Balaban J connectivity index is 1.83. The van der Waals surface area contributed by atoms with Gasteiger partial charge < -0.3 is 4.98 Å². The zero-order chi connectivity index (χ0) is 9.15. The molecule has 1 aromatic rings. The zero-order valence-electron chi connectivity index (χ0n) is 7.29. The summed E-state index contributed by atoms with van der Waals surface area (Å²) in [4.78, 5) is 7.18. The second-order valence-corrected chi connectivity index (χ2v) is 4.48. The van der Waals surface area contributed by atoms with E-state index in [0.717, 1.165) is 10.9 Å². The third-order valence-corrected chi connectivity index (χ3v) is 3.65. The quantitative estimate of drug-likeness (QED) is 0.746. The van der Waals surface area contributed by atoms with E-state index < -0.39 is 0 Å². The van der Waals surface area contributed by atoms with Crippen molar-refractivity contribution in [2.24, 2.45) is 5.41 Å². The number of nitrogens with zero attached hydrogens (tertiary/aromatic N) is 2. The van der Waals surface area contributed by atoms with E-state index in [1.165, 1.54) is 12.8 Å². The largest absolute Gasteiger partial charge is 0.340 e. The maximum Gasteiger partial charge on any atom is 0.165 e. The van der Waals surface area contributed by atoms with Gasteiger partial charge in [-0.1, -0.05) is 11.8 Å². The maximum atomic E-state index is 8.62. The van der Waals surface area contributed by atoms with Crippen molar-refractivity contribution in [3.05, 3.63) is 12.4 Å². The van der Waals surface area contributed by atoms with Crippen molar-refractivity contribution < 1.29 is 0 Å². The molecule has 0 amide bonds. The Labute approximate surface area is 81.6 Å². The number of hydrogen-bond acceptors (Lipinski definition) is 3. The van der Waals surface area contributed by atoms with Gasteiger partial charge >= 0.3 is 0 Å². The standard InChI is InChI=1S/C9H11N3S/c10-4-3-9(1-2-9)7-13-8-11-5-6-12-8/h5-6H,1-3,7H2,(H,11,12). The van der Waals surface area contributed by atoms with Crippen molar-refractivity contribution >= 4 is 11.8 Å². The summed E-state index contributed by atoms with van der Waals surface area (Å²) in [6.07, 6.45) is 6.68. The van der Waals surface area contributed by atoms with E-state index in [-0.39, 0.29) is 0 Å². The highest BCUT2D eigenvalue weighted by molar-refractivity contribution is 7.99. The first-order valence-corrected chi connectivity index (χ1v) is 5.32. The maximum absolute atomic E-state index is 8.62. The molecule has 1 aromatic heterocycles.